The Bertz CT molecular complexity index is 384. The zero-order valence-electron chi connectivity index (χ0n) is 8.84. The van der Waals surface area contributed by atoms with E-state index < -0.39 is 12.5 Å². The van der Waals surface area contributed by atoms with Crippen LogP contribution in [0.4, 0.5) is 4.39 Å². The van der Waals surface area contributed by atoms with Gasteiger partial charge in [0.25, 0.3) is 0 Å². The molecule has 1 atom stereocenters. The van der Waals surface area contributed by atoms with E-state index in [0.717, 1.165) is 5.56 Å². The smallest absolute Gasteiger partial charge is 0.245 e. The minimum absolute atomic E-state index is 0.1000. The predicted octanol–water partition coefficient (Wildman–Crippen LogP) is 1.63. The summed E-state index contributed by atoms with van der Waals surface area (Å²) in [6.07, 6.45) is 0.588. The van der Waals surface area contributed by atoms with Crippen LogP contribution in [0, 0.1) is 5.82 Å². The minimum atomic E-state index is -0.516. The van der Waals surface area contributed by atoms with Crippen LogP contribution in [0.25, 0.3) is 0 Å². The van der Waals surface area contributed by atoms with E-state index in [4.69, 9.17) is 5.11 Å². The van der Waals surface area contributed by atoms with Crippen molar-refractivity contribution in [1.29, 1.82) is 0 Å². The summed E-state index contributed by atoms with van der Waals surface area (Å²) in [6.45, 7) is 1.31. The molecule has 3 nitrogen and oxygen atoms in total. The summed E-state index contributed by atoms with van der Waals surface area (Å²) in [6, 6.07) is 4.62. The summed E-state index contributed by atoms with van der Waals surface area (Å²) in [5.74, 6) is -0.718. The lowest BCUT2D eigenvalue weighted by molar-refractivity contribution is -0.124. The number of carbonyl (C=O) groups is 1. The van der Waals surface area contributed by atoms with Gasteiger partial charge in [-0.25, -0.2) is 4.39 Å². The fraction of sp³-hybridized carbons (Fsp3) is 0.364. The summed E-state index contributed by atoms with van der Waals surface area (Å²) < 4.78 is 13.4. The van der Waals surface area contributed by atoms with E-state index in [1.807, 2.05) is 6.92 Å². The Morgan fingerprint density at radius 1 is 1.62 bits per heavy atom. The molecule has 0 heterocycles. The molecule has 0 spiro atoms. The summed E-state index contributed by atoms with van der Waals surface area (Å²) >= 11 is 3.10. The van der Waals surface area contributed by atoms with Crippen LogP contribution in [0.15, 0.2) is 22.7 Å². The lowest BCUT2D eigenvalue weighted by atomic mass is 10.1. The van der Waals surface area contributed by atoms with Gasteiger partial charge in [0.15, 0.2) is 0 Å². The number of halogens is 2. The molecule has 0 saturated heterocycles. The average Bonchev–Trinajstić information content (AvgIpc) is 2.23. The molecule has 0 aliphatic carbocycles. The first-order chi connectivity index (χ1) is 7.52. The van der Waals surface area contributed by atoms with Gasteiger partial charge in [0.05, 0.1) is 4.47 Å². The van der Waals surface area contributed by atoms with Crippen molar-refractivity contribution in [2.45, 2.75) is 19.4 Å². The third-order valence-corrected chi connectivity index (χ3v) is 2.68. The number of hydrogen-bond acceptors (Lipinski definition) is 2. The van der Waals surface area contributed by atoms with Gasteiger partial charge in [-0.2, -0.15) is 0 Å². The largest absolute Gasteiger partial charge is 0.387 e. The standard InChI is InChI=1S/C11H13BrFNO2/c1-7(14-11(16)6-15)4-8-2-3-10(13)9(12)5-8/h2-3,5,7,15H,4,6H2,1H3,(H,14,16). The number of aliphatic hydroxyl groups is 1. The van der Waals surface area contributed by atoms with Gasteiger partial charge < -0.3 is 10.4 Å². The minimum Gasteiger partial charge on any atom is -0.387 e. The average molecular weight is 290 g/mol. The van der Waals surface area contributed by atoms with Gasteiger partial charge in [-0.05, 0) is 47.0 Å². The van der Waals surface area contributed by atoms with E-state index >= 15 is 0 Å². The molecule has 1 aromatic rings. The molecule has 0 fully saturated rings. The second-order valence-corrected chi connectivity index (χ2v) is 4.43. The Morgan fingerprint density at radius 3 is 2.88 bits per heavy atom. The highest BCUT2D eigenvalue weighted by atomic mass is 79.9. The monoisotopic (exact) mass is 289 g/mol. The first kappa shape index (κ1) is 13.1. The van der Waals surface area contributed by atoms with Crippen molar-refractivity contribution in [3.8, 4) is 0 Å². The number of nitrogens with one attached hydrogen (secondary N) is 1. The van der Waals surface area contributed by atoms with E-state index in [2.05, 4.69) is 21.2 Å². The third kappa shape index (κ3) is 3.90. The number of benzene rings is 1. The van der Waals surface area contributed by atoms with Gasteiger partial charge in [-0.15, -0.1) is 0 Å². The molecule has 1 aromatic carbocycles. The topological polar surface area (TPSA) is 49.3 Å². The Balaban J connectivity index is 2.59. The second-order valence-electron chi connectivity index (χ2n) is 3.58. The van der Waals surface area contributed by atoms with Crippen LogP contribution in [-0.4, -0.2) is 23.7 Å². The van der Waals surface area contributed by atoms with Gasteiger partial charge in [-0.3, -0.25) is 4.79 Å². The van der Waals surface area contributed by atoms with Gasteiger partial charge in [0.1, 0.15) is 12.4 Å². The fourth-order valence-corrected chi connectivity index (χ4v) is 1.82. The maximum Gasteiger partial charge on any atom is 0.245 e. The highest BCUT2D eigenvalue weighted by Crippen LogP contribution is 2.17. The predicted molar refractivity (Wildman–Crippen MR) is 62.5 cm³/mol. The van der Waals surface area contributed by atoms with Crippen LogP contribution in [0.3, 0.4) is 0 Å². The normalized spacial score (nSPS) is 12.2. The Hall–Kier alpha value is -0.940. The molecule has 0 radical (unpaired) electrons. The molecule has 1 unspecified atom stereocenters. The summed E-state index contributed by atoms with van der Waals surface area (Å²) in [5.41, 5.74) is 0.916. The second kappa shape index (κ2) is 5.96. The molecular weight excluding hydrogens is 277 g/mol. The van der Waals surface area contributed by atoms with E-state index in [-0.39, 0.29) is 11.9 Å². The van der Waals surface area contributed by atoms with Crippen LogP contribution >= 0.6 is 15.9 Å². The Morgan fingerprint density at radius 2 is 2.31 bits per heavy atom. The fourth-order valence-electron chi connectivity index (χ4n) is 1.39. The highest BCUT2D eigenvalue weighted by Gasteiger charge is 2.08. The van der Waals surface area contributed by atoms with Gasteiger partial charge in [0.2, 0.25) is 5.91 Å². The molecule has 5 heteroatoms. The van der Waals surface area contributed by atoms with Crippen molar-refractivity contribution < 1.29 is 14.3 Å². The summed E-state index contributed by atoms with van der Waals surface area (Å²) in [7, 11) is 0. The first-order valence-corrected chi connectivity index (χ1v) is 5.66. The third-order valence-electron chi connectivity index (χ3n) is 2.08. The quantitative estimate of drug-likeness (QED) is 0.885. The molecular formula is C11H13BrFNO2. The molecule has 2 N–H and O–H groups in total. The lowest BCUT2D eigenvalue weighted by Crippen LogP contribution is -2.35. The molecule has 1 amide bonds. The van der Waals surface area contributed by atoms with Gasteiger partial charge >= 0.3 is 0 Å². The molecule has 1 rings (SSSR count). The molecule has 88 valence electrons. The summed E-state index contributed by atoms with van der Waals surface area (Å²) in [5, 5.41) is 11.2. The molecule has 0 aliphatic heterocycles. The first-order valence-electron chi connectivity index (χ1n) is 4.87. The van der Waals surface area contributed by atoms with E-state index in [1.54, 1.807) is 12.1 Å². The van der Waals surface area contributed by atoms with Gasteiger partial charge in [-0.1, -0.05) is 6.07 Å². The van der Waals surface area contributed by atoms with Crippen molar-refractivity contribution in [2.24, 2.45) is 0 Å². The Kier molecular flexibility index (Phi) is 4.89. The van der Waals surface area contributed by atoms with Crippen LogP contribution in [-0.2, 0) is 11.2 Å². The van der Waals surface area contributed by atoms with E-state index in [0.29, 0.717) is 10.9 Å². The van der Waals surface area contributed by atoms with Crippen LogP contribution in [0.2, 0.25) is 0 Å². The van der Waals surface area contributed by atoms with E-state index in [9.17, 15) is 9.18 Å². The zero-order chi connectivity index (χ0) is 12.1. The molecule has 0 aromatic heterocycles. The maximum absolute atomic E-state index is 13.0. The van der Waals surface area contributed by atoms with Crippen molar-refractivity contribution in [3.05, 3.63) is 34.1 Å². The SMILES string of the molecule is CC(Cc1ccc(F)c(Br)c1)NC(=O)CO. The highest BCUT2D eigenvalue weighted by molar-refractivity contribution is 9.10. The van der Waals surface area contributed by atoms with E-state index in [1.165, 1.54) is 6.07 Å². The van der Waals surface area contributed by atoms with Crippen LogP contribution in [0.1, 0.15) is 12.5 Å². The summed E-state index contributed by atoms with van der Waals surface area (Å²) in [4.78, 5) is 10.9. The molecule has 0 saturated carbocycles. The zero-order valence-corrected chi connectivity index (χ0v) is 10.4. The molecule has 16 heavy (non-hydrogen) atoms. The number of rotatable bonds is 4. The van der Waals surface area contributed by atoms with Crippen molar-refractivity contribution in [2.75, 3.05) is 6.61 Å². The maximum atomic E-state index is 13.0. The number of amides is 1. The number of aliphatic hydroxyl groups excluding tert-OH is 1. The lowest BCUT2D eigenvalue weighted by Gasteiger charge is -2.13. The molecule has 0 bridgehead atoms. The Labute approximate surface area is 102 Å². The number of hydrogen-bond donors (Lipinski definition) is 2. The number of carbonyl (C=O) groups excluding carboxylic acids is 1. The van der Waals surface area contributed by atoms with Crippen LogP contribution in [0.5, 0.6) is 0 Å². The van der Waals surface area contributed by atoms with Crippen molar-refractivity contribution in [3.63, 3.8) is 0 Å². The van der Waals surface area contributed by atoms with Crippen LogP contribution < -0.4 is 5.32 Å². The molecule has 0 aliphatic rings. The van der Waals surface area contributed by atoms with Crippen molar-refractivity contribution >= 4 is 21.8 Å². The van der Waals surface area contributed by atoms with Crippen molar-refractivity contribution in [1.82, 2.24) is 5.32 Å². The van der Waals surface area contributed by atoms with Gasteiger partial charge in [0, 0.05) is 6.04 Å².